The first kappa shape index (κ1) is 17.6. The lowest BCUT2D eigenvalue weighted by Gasteiger charge is -1.97. The van der Waals surface area contributed by atoms with Crippen molar-refractivity contribution in [1.82, 2.24) is 0 Å². The molecule has 6 nitrogen and oxygen atoms in total. The zero-order valence-corrected chi connectivity index (χ0v) is 14.6. The van der Waals surface area contributed by atoms with Gasteiger partial charge in [-0.1, -0.05) is 24.3 Å². The lowest BCUT2D eigenvalue weighted by atomic mass is 10.2. The van der Waals surface area contributed by atoms with Crippen molar-refractivity contribution in [1.29, 1.82) is 0 Å². The van der Waals surface area contributed by atoms with Crippen LogP contribution in [0.4, 0.5) is 5.69 Å². The molecule has 2 aromatic carbocycles. The summed E-state index contributed by atoms with van der Waals surface area (Å²) in [5.41, 5.74) is 1.66. The second-order valence-corrected chi connectivity index (χ2v) is 6.21. The number of rotatable bonds is 5. The van der Waals surface area contributed by atoms with E-state index < -0.39 is 10.9 Å². The molecular weight excluding hydrogens is 352 g/mol. The summed E-state index contributed by atoms with van der Waals surface area (Å²) in [4.78, 5) is 27.6. The number of carbonyl (C=O) groups excluding carboxylic acids is 1. The highest BCUT2D eigenvalue weighted by Gasteiger charge is 2.21. The van der Waals surface area contributed by atoms with Crippen molar-refractivity contribution in [2.75, 3.05) is 6.26 Å². The molecule has 0 aliphatic carbocycles. The molecule has 0 bridgehead atoms. The molecule has 1 heterocycles. The summed E-state index contributed by atoms with van der Waals surface area (Å²) in [7, 11) is 0. The number of hydrogen-bond acceptors (Lipinski definition) is 6. The van der Waals surface area contributed by atoms with Crippen molar-refractivity contribution in [2.24, 2.45) is 4.99 Å². The molecule has 0 N–H and O–H groups in total. The fraction of sp³-hybridized carbons (Fsp3) is 0.0526. The fourth-order valence-electron chi connectivity index (χ4n) is 2.26. The van der Waals surface area contributed by atoms with Gasteiger partial charge >= 0.3 is 5.97 Å². The molecule has 2 aromatic rings. The van der Waals surface area contributed by atoms with Gasteiger partial charge in [0.1, 0.15) is 0 Å². The summed E-state index contributed by atoms with van der Waals surface area (Å²) in [5, 5.41) is 10.8. The van der Waals surface area contributed by atoms with Gasteiger partial charge in [0.15, 0.2) is 5.70 Å². The van der Waals surface area contributed by atoms with Crippen LogP contribution in [-0.4, -0.2) is 23.0 Å². The molecule has 1 aliphatic rings. The Bertz CT molecular complexity index is 946. The Balaban J connectivity index is 1.78. The third-order valence-corrected chi connectivity index (χ3v) is 4.30. The van der Waals surface area contributed by atoms with Gasteiger partial charge in [-0.05, 0) is 41.7 Å². The first-order valence-corrected chi connectivity index (χ1v) is 8.87. The van der Waals surface area contributed by atoms with Crippen molar-refractivity contribution < 1.29 is 14.5 Å². The van der Waals surface area contributed by atoms with Crippen LogP contribution in [0.1, 0.15) is 11.1 Å². The van der Waals surface area contributed by atoms with Crippen LogP contribution in [-0.2, 0) is 9.53 Å². The van der Waals surface area contributed by atoms with Crippen molar-refractivity contribution in [3.05, 3.63) is 81.5 Å². The van der Waals surface area contributed by atoms with E-state index in [0.29, 0.717) is 5.56 Å². The van der Waals surface area contributed by atoms with E-state index in [1.807, 2.05) is 30.5 Å². The van der Waals surface area contributed by atoms with Gasteiger partial charge in [0.25, 0.3) is 5.69 Å². The number of ether oxygens (including phenoxy) is 1. The number of nitro groups is 1. The van der Waals surface area contributed by atoms with E-state index in [9.17, 15) is 14.9 Å². The van der Waals surface area contributed by atoms with Crippen LogP contribution in [0.3, 0.4) is 0 Å². The molecule has 3 rings (SSSR count). The topological polar surface area (TPSA) is 81.8 Å². The Labute approximate surface area is 154 Å². The maximum atomic E-state index is 11.9. The third kappa shape index (κ3) is 4.25. The van der Waals surface area contributed by atoms with Crippen molar-refractivity contribution in [3.8, 4) is 0 Å². The van der Waals surface area contributed by atoms with E-state index in [0.717, 1.165) is 10.5 Å². The average Bonchev–Trinajstić information content (AvgIpc) is 3.00. The van der Waals surface area contributed by atoms with E-state index in [1.54, 1.807) is 36.0 Å². The Morgan fingerprint density at radius 2 is 1.88 bits per heavy atom. The van der Waals surface area contributed by atoms with Crippen LogP contribution < -0.4 is 0 Å². The van der Waals surface area contributed by atoms with Gasteiger partial charge in [0.05, 0.1) is 4.92 Å². The molecule has 0 atom stereocenters. The summed E-state index contributed by atoms with van der Waals surface area (Å²) in [6.07, 6.45) is 6.76. The smallest absolute Gasteiger partial charge is 0.363 e. The van der Waals surface area contributed by atoms with Crippen LogP contribution in [0.15, 0.2) is 70.2 Å². The Hall–Kier alpha value is -3.19. The predicted molar refractivity (Wildman–Crippen MR) is 102 cm³/mol. The third-order valence-electron chi connectivity index (χ3n) is 3.56. The first-order chi connectivity index (χ1) is 12.5. The Morgan fingerprint density at radius 1 is 1.12 bits per heavy atom. The van der Waals surface area contributed by atoms with Gasteiger partial charge in [-0.25, -0.2) is 9.79 Å². The maximum Gasteiger partial charge on any atom is 0.363 e. The molecule has 0 saturated heterocycles. The molecule has 7 heteroatoms. The van der Waals surface area contributed by atoms with Crippen molar-refractivity contribution >= 4 is 41.5 Å². The molecule has 130 valence electrons. The largest absolute Gasteiger partial charge is 0.403 e. The van der Waals surface area contributed by atoms with E-state index in [2.05, 4.69) is 4.99 Å². The minimum Gasteiger partial charge on any atom is -0.403 e. The molecule has 0 radical (unpaired) electrons. The maximum absolute atomic E-state index is 11.9. The summed E-state index contributed by atoms with van der Waals surface area (Å²) in [5.74, 6) is -0.383. The number of hydrogen-bond donors (Lipinski definition) is 0. The van der Waals surface area contributed by atoms with Crippen LogP contribution in [0.5, 0.6) is 0 Å². The molecule has 0 fully saturated rings. The van der Waals surface area contributed by atoms with E-state index in [-0.39, 0.29) is 17.3 Å². The Morgan fingerprint density at radius 3 is 2.58 bits per heavy atom. The number of cyclic esters (lactones) is 1. The predicted octanol–water partition coefficient (Wildman–Crippen LogP) is 4.33. The summed E-state index contributed by atoms with van der Waals surface area (Å²) >= 11 is 1.64. The molecule has 0 saturated carbocycles. The molecule has 0 amide bonds. The number of nitrogens with zero attached hydrogens (tertiary/aromatic N) is 2. The molecule has 0 aromatic heterocycles. The van der Waals surface area contributed by atoms with Gasteiger partial charge in [0.2, 0.25) is 5.90 Å². The molecule has 0 unspecified atom stereocenters. The minimum atomic E-state index is -0.530. The zero-order valence-electron chi connectivity index (χ0n) is 13.8. The summed E-state index contributed by atoms with van der Waals surface area (Å²) in [6, 6.07) is 13.9. The quantitative estimate of drug-likeness (QED) is 0.259. The number of aliphatic imine (C=N–C) groups is 1. The van der Waals surface area contributed by atoms with Gasteiger partial charge in [0, 0.05) is 23.1 Å². The van der Waals surface area contributed by atoms with E-state index in [1.165, 1.54) is 18.2 Å². The zero-order chi connectivity index (χ0) is 18.5. The van der Waals surface area contributed by atoms with Crippen LogP contribution in [0.25, 0.3) is 12.2 Å². The summed E-state index contributed by atoms with van der Waals surface area (Å²) in [6.45, 7) is 0. The van der Waals surface area contributed by atoms with E-state index >= 15 is 0 Å². The normalized spacial score (nSPS) is 15.3. The standard InChI is InChI=1S/C19H14N2O4S/c1-26-16-8-5-14(6-9-16)12-17-19(22)25-18(20-17)10-7-13-3-2-4-15(11-13)21(23)24/h2-12H,1H3/b10-7+,17-12-. The Kier molecular flexibility index (Phi) is 5.28. The lowest BCUT2D eigenvalue weighted by Crippen LogP contribution is -2.01. The lowest BCUT2D eigenvalue weighted by molar-refractivity contribution is -0.384. The molecule has 26 heavy (non-hydrogen) atoms. The summed E-state index contributed by atoms with van der Waals surface area (Å²) < 4.78 is 5.11. The average molecular weight is 366 g/mol. The van der Waals surface area contributed by atoms with Gasteiger partial charge < -0.3 is 4.74 Å². The van der Waals surface area contributed by atoms with E-state index in [4.69, 9.17) is 4.74 Å². The monoisotopic (exact) mass is 366 g/mol. The number of carbonyl (C=O) groups is 1. The molecular formula is C19H14N2O4S. The fourth-order valence-corrected chi connectivity index (χ4v) is 2.67. The van der Waals surface area contributed by atoms with Gasteiger partial charge in [-0.2, -0.15) is 0 Å². The number of benzene rings is 2. The minimum absolute atomic E-state index is 0.00761. The van der Waals surface area contributed by atoms with Crippen LogP contribution in [0.2, 0.25) is 0 Å². The molecule has 0 spiro atoms. The SMILES string of the molecule is CSc1ccc(/C=C2N=C(/C=C/c3cccc([N+](=O)[O-])c3)OC\2=O)cc1. The number of esters is 1. The van der Waals surface area contributed by atoms with Crippen LogP contribution in [0, 0.1) is 10.1 Å². The highest BCUT2D eigenvalue weighted by molar-refractivity contribution is 7.98. The first-order valence-electron chi connectivity index (χ1n) is 7.64. The second kappa shape index (κ2) is 7.79. The number of nitro benzene ring substituents is 1. The van der Waals surface area contributed by atoms with Gasteiger partial charge in [-0.3, -0.25) is 10.1 Å². The van der Waals surface area contributed by atoms with Crippen LogP contribution >= 0.6 is 11.8 Å². The highest BCUT2D eigenvalue weighted by Crippen LogP contribution is 2.20. The number of non-ortho nitro benzene ring substituents is 1. The highest BCUT2D eigenvalue weighted by atomic mass is 32.2. The molecule has 1 aliphatic heterocycles. The van der Waals surface area contributed by atoms with Gasteiger partial charge in [-0.15, -0.1) is 11.8 Å². The second-order valence-electron chi connectivity index (χ2n) is 5.33. The van der Waals surface area contributed by atoms with Crippen molar-refractivity contribution in [3.63, 3.8) is 0 Å². The number of thioether (sulfide) groups is 1. The van der Waals surface area contributed by atoms with Crippen molar-refractivity contribution in [2.45, 2.75) is 4.90 Å².